The molecule has 0 saturated carbocycles. The van der Waals surface area contributed by atoms with Crippen molar-refractivity contribution in [2.75, 3.05) is 19.6 Å². The minimum atomic E-state index is 0.473. The second kappa shape index (κ2) is 7.25. The fourth-order valence-corrected chi connectivity index (χ4v) is 4.46. The van der Waals surface area contributed by atoms with Gasteiger partial charge in [0, 0.05) is 18.9 Å². The molecule has 2 aliphatic rings. The summed E-state index contributed by atoms with van der Waals surface area (Å²) in [5.41, 5.74) is 5.66. The van der Waals surface area contributed by atoms with Gasteiger partial charge in [-0.05, 0) is 54.1 Å². The van der Waals surface area contributed by atoms with Crippen LogP contribution in [0.25, 0.3) is 12.2 Å². The Morgan fingerprint density at radius 2 is 1.44 bits per heavy atom. The van der Waals surface area contributed by atoms with E-state index in [2.05, 4.69) is 71.7 Å². The van der Waals surface area contributed by atoms with Gasteiger partial charge in [0.15, 0.2) is 0 Å². The highest BCUT2D eigenvalue weighted by molar-refractivity contribution is 5.76. The van der Waals surface area contributed by atoms with Gasteiger partial charge in [0.2, 0.25) is 0 Å². The van der Waals surface area contributed by atoms with Crippen LogP contribution in [0.15, 0.2) is 48.5 Å². The molecular formula is C23H24N2. The van der Waals surface area contributed by atoms with Crippen molar-refractivity contribution < 1.29 is 0 Å². The monoisotopic (exact) mass is 328 g/mol. The first kappa shape index (κ1) is 16.1. The minimum absolute atomic E-state index is 0.473. The van der Waals surface area contributed by atoms with E-state index >= 15 is 0 Å². The fraction of sp³-hybridized carbons (Fsp3) is 0.348. The van der Waals surface area contributed by atoms with Crippen LogP contribution in [0.3, 0.4) is 0 Å². The maximum atomic E-state index is 8.82. The number of hydrogen-bond donors (Lipinski definition) is 0. The number of hydrogen-bond acceptors (Lipinski definition) is 2. The smallest absolute Gasteiger partial charge is 0.0635 e. The zero-order valence-electron chi connectivity index (χ0n) is 14.6. The molecule has 1 aliphatic carbocycles. The summed E-state index contributed by atoms with van der Waals surface area (Å²) in [5, 5.41) is 8.82. The fourth-order valence-electron chi connectivity index (χ4n) is 4.46. The quantitative estimate of drug-likeness (QED) is 0.799. The summed E-state index contributed by atoms with van der Waals surface area (Å²) in [7, 11) is 0. The van der Waals surface area contributed by atoms with Crippen molar-refractivity contribution in [1.29, 1.82) is 5.26 Å². The van der Waals surface area contributed by atoms with Gasteiger partial charge in [-0.3, -0.25) is 0 Å². The molecule has 25 heavy (non-hydrogen) atoms. The van der Waals surface area contributed by atoms with Crippen molar-refractivity contribution in [2.24, 2.45) is 5.92 Å². The molecule has 0 radical (unpaired) electrons. The number of nitriles is 1. The van der Waals surface area contributed by atoms with Gasteiger partial charge in [-0.2, -0.15) is 5.26 Å². The Morgan fingerprint density at radius 1 is 0.880 bits per heavy atom. The summed E-state index contributed by atoms with van der Waals surface area (Å²) in [5.74, 6) is 1.14. The largest absolute Gasteiger partial charge is 0.302 e. The predicted octanol–water partition coefficient (Wildman–Crippen LogP) is 4.93. The molecule has 0 atom stereocenters. The molecule has 2 heteroatoms. The van der Waals surface area contributed by atoms with E-state index in [1.54, 1.807) is 0 Å². The van der Waals surface area contributed by atoms with Crippen LogP contribution in [-0.4, -0.2) is 24.5 Å². The molecule has 2 aromatic rings. The molecule has 1 heterocycles. The van der Waals surface area contributed by atoms with E-state index in [0.29, 0.717) is 18.3 Å². The van der Waals surface area contributed by atoms with Gasteiger partial charge in [-0.15, -0.1) is 0 Å². The SMILES string of the molecule is N#CCCN1CCC(C2c3ccccc3C=Cc3ccccc32)CC1. The third kappa shape index (κ3) is 3.25. The first-order valence-electron chi connectivity index (χ1n) is 9.32. The molecule has 0 spiro atoms. The van der Waals surface area contributed by atoms with Crippen LogP contribution in [-0.2, 0) is 0 Å². The van der Waals surface area contributed by atoms with E-state index in [0.717, 1.165) is 19.6 Å². The van der Waals surface area contributed by atoms with Gasteiger partial charge in [-0.1, -0.05) is 60.7 Å². The average Bonchev–Trinajstić information content (AvgIpc) is 2.84. The second-order valence-corrected chi connectivity index (χ2v) is 7.16. The van der Waals surface area contributed by atoms with Gasteiger partial charge in [0.1, 0.15) is 0 Å². The highest BCUT2D eigenvalue weighted by Crippen LogP contribution is 2.42. The normalized spacial score (nSPS) is 18.2. The van der Waals surface area contributed by atoms with Crippen LogP contribution in [0.5, 0.6) is 0 Å². The summed E-state index contributed by atoms with van der Waals surface area (Å²) < 4.78 is 0. The standard InChI is InChI=1S/C23H24N2/c24-14-5-15-25-16-12-20(13-17-25)23-21-8-3-1-6-18(21)10-11-19-7-2-4-9-22(19)23/h1-4,6-11,20,23H,5,12-13,15-17H2. The van der Waals surface area contributed by atoms with Gasteiger partial charge < -0.3 is 4.90 Å². The van der Waals surface area contributed by atoms with Crippen molar-refractivity contribution >= 4 is 12.2 Å². The Kier molecular flexibility index (Phi) is 4.68. The maximum Gasteiger partial charge on any atom is 0.0635 e. The Morgan fingerprint density at radius 3 is 2.00 bits per heavy atom. The lowest BCUT2D eigenvalue weighted by atomic mass is 9.74. The molecule has 0 bridgehead atoms. The predicted molar refractivity (Wildman–Crippen MR) is 103 cm³/mol. The van der Waals surface area contributed by atoms with Crippen molar-refractivity contribution in [2.45, 2.75) is 25.2 Å². The number of benzene rings is 2. The Hall–Kier alpha value is -2.37. The number of likely N-dealkylation sites (tertiary alicyclic amines) is 1. The summed E-state index contributed by atoms with van der Waals surface area (Å²) in [6.07, 6.45) is 7.60. The maximum absolute atomic E-state index is 8.82. The van der Waals surface area contributed by atoms with E-state index in [1.807, 2.05) is 0 Å². The molecule has 1 saturated heterocycles. The number of nitrogens with zero attached hydrogens (tertiary/aromatic N) is 2. The molecule has 1 aliphatic heterocycles. The van der Waals surface area contributed by atoms with Crippen molar-refractivity contribution in [3.05, 3.63) is 70.8 Å². The minimum Gasteiger partial charge on any atom is -0.302 e. The molecule has 0 amide bonds. The highest BCUT2D eigenvalue weighted by atomic mass is 15.1. The van der Waals surface area contributed by atoms with Crippen LogP contribution >= 0.6 is 0 Å². The van der Waals surface area contributed by atoms with Crippen LogP contribution in [0.1, 0.15) is 47.4 Å². The first-order chi connectivity index (χ1) is 12.4. The van der Waals surface area contributed by atoms with E-state index in [9.17, 15) is 0 Å². The van der Waals surface area contributed by atoms with Gasteiger partial charge in [0.25, 0.3) is 0 Å². The zero-order valence-corrected chi connectivity index (χ0v) is 14.6. The van der Waals surface area contributed by atoms with E-state index in [4.69, 9.17) is 5.26 Å². The average molecular weight is 328 g/mol. The number of fused-ring (bicyclic) bond motifs is 2. The summed E-state index contributed by atoms with van der Waals surface area (Å²) >= 11 is 0. The Balaban J connectivity index is 1.65. The molecular weight excluding hydrogens is 304 g/mol. The summed E-state index contributed by atoms with van der Waals surface area (Å²) in [6, 6.07) is 20.0. The zero-order chi connectivity index (χ0) is 17.1. The Labute approximate surface area is 150 Å². The van der Waals surface area contributed by atoms with Crippen LogP contribution in [0.2, 0.25) is 0 Å². The number of rotatable bonds is 3. The topological polar surface area (TPSA) is 27.0 Å². The van der Waals surface area contributed by atoms with Crippen LogP contribution in [0, 0.1) is 17.2 Å². The van der Waals surface area contributed by atoms with Gasteiger partial charge in [0.05, 0.1) is 6.07 Å². The molecule has 1 fully saturated rings. The van der Waals surface area contributed by atoms with Crippen molar-refractivity contribution in [3.63, 3.8) is 0 Å². The molecule has 126 valence electrons. The van der Waals surface area contributed by atoms with Gasteiger partial charge in [-0.25, -0.2) is 0 Å². The van der Waals surface area contributed by atoms with Crippen molar-refractivity contribution in [3.8, 4) is 6.07 Å². The Bertz CT molecular complexity index is 757. The molecule has 0 unspecified atom stereocenters. The van der Waals surface area contributed by atoms with E-state index in [-0.39, 0.29) is 0 Å². The molecule has 0 N–H and O–H groups in total. The third-order valence-corrected chi connectivity index (χ3v) is 5.75. The molecule has 4 rings (SSSR count). The van der Waals surface area contributed by atoms with E-state index < -0.39 is 0 Å². The summed E-state index contributed by atoms with van der Waals surface area (Å²) in [6.45, 7) is 3.14. The molecule has 2 nitrogen and oxygen atoms in total. The summed E-state index contributed by atoms with van der Waals surface area (Å²) in [4.78, 5) is 2.45. The molecule has 2 aromatic carbocycles. The van der Waals surface area contributed by atoms with Crippen LogP contribution in [0.4, 0.5) is 0 Å². The lowest BCUT2D eigenvalue weighted by molar-refractivity contribution is 0.178. The lowest BCUT2D eigenvalue weighted by Crippen LogP contribution is -2.36. The number of piperidine rings is 1. The van der Waals surface area contributed by atoms with Crippen LogP contribution < -0.4 is 0 Å². The van der Waals surface area contributed by atoms with Gasteiger partial charge >= 0.3 is 0 Å². The molecule has 0 aromatic heterocycles. The lowest BCUT2D eigenvalue weighted by Gasteiger charge is -2.37. The highest BCUT2D eigenvalue weighted by Gasteiger charge is 2.31. The van der Waals surface area contributed by atoms with E-state index in [1.165, 1.54) is 35.1 Å². The third-order valence-electron chi connectivity index (χ3n) is 5.75. The van der Waals surface area contributed by atoms with Crippen molar-refractivity contribution in [1.82, 2.24) is 4.90 Å². The second-order valence-electron chi connectivity index (χ2n) is 7.16. The first-order valence-corrected chi connectivity index (χ1v) is 9.32.